The number of anilines is 1. The monoisotopic (exact) mass is 490 g/mol. The number of nitrogens with one attached hydrogen (secondary N) is 1. The molecule has 2 aliphatic heterocycles. The van der Waals surface area contributed by atoms with Gasteiger partial charge in [-0.25, -0.2) is 9.78 Å². The van der Waals surface area contributed by atoms with E-state index in [-0.39, 0.29) is 28.8 Å². The number of hydrogen-bond donors (Lipinski definition) is 3. The smallest absolute Gasteiger partial charge is 0.352 e. The fraction of sp³-hybridized carbons (Fsp3) is 0.263. The number of nitrogen functional groups attached to an aromatic ring is 1. The third-order valence-corrected chi connectivity index (χ3v) is 6.76. The lowest BCUT2D eigenvalue weighted by atomic mass is 10.0. The lowest BCUT2D eigenvalue weighted by Gasteiger charge is -2.49. The van der Waals surface area contributed by atoms with Gasteiger partial charge in [0.2, 0.25) is 0 Å². The zero-order valence-electron chi connectivity index (χ0n) is 17.1. The van der Waals surface area contributed by atoms with Crippen molar-refractivity contribution >= 4 is 51.7 Å². The Morgan fingerprint density at radius 1 is 1.45 bits per heavy atom. The van der Waals surface area contributed by atoms with Gasteiger partial charge in [-0.05, 0) is 12.1 Å². The number of oxime groups is 1. The number of carboxylic acids is 1. The van der Waals surface area contributed by atoms with Crippen LogP contribution in [0.2, 0.25) is 0 Å². The normalized spacial score (nSPS) is 20.1. The quantitative estimate of drug-likeness (QED) is 0.265. The first-order chi connectivity index (χ1) is 15.9. The number of aliphatic carboxylic acids is 1. The van der Waals surface area contributed by atoms with Crippen LogP contribution in [0.1, 0.15) is 5.69 Å². The number of pyridine rings is 1. The van der Waals surface area contributed by atoms with Gasteiger partial charge in [0.1, 0.15) is 42.3 Å². The van der Waals surface area contributed by atoms with E-state index in [0.29, 0.717) is 17.1 Å². The molecule has 0 spiro atoms. The summed E-state index contributed by atoms with van der Waals surface area (Å²) in [5.74, 6) is -1.69. The number of thioether (sulfide) groups is 1. The van der Waals surface area contributed by atoms with E-state index in [2.05, 4.69) is 20.4 Å². The van der Waals surface area contributed by atoms with Crippen molar-refractivity contribution in [3.8, 4) is 5.75 Å². The minimum atomic E-state index is -1.25. The van der Waals surface area contributed by atoms with Crippen molar-refractivity contribution in [2.45, 2.75) is 11.4 Å². The first-order valence-electron chi connectivity index (χ1n) is 9.47. The summed E-state index contributed by atoms with van der Waals surface area (Å²) in [6.07, 6.45) is 3.10. The first-order valence-corrected chi connectivity index (χ1v) is 11.4. The zero-order chi connectivity index (χ0) is 23.5. The van der Waals surface area contributed by atoms with E-state index in [1.54, 1.807) is 18.3 Å². The molecule has 2 aromatic rings. The number of nitrogens with zero attached hydrogens (tertiary/aromatic N) is 4. The van der Waals surface area contributed by atoms with Gasteiger partial charge in [-0.15, -0.1) is 23.1 Å². The van der Waals surface area contributed by atoms with Crippen LogP contribution in [0.5, 0.6) is 5.75 Å². The number of nitrogens with two attached hydrogens (primary N) is 1. The van der Waals surface area contributed by atoms with Gasteiger partial charge in [0, 0.05) is 22.9 Å². The predicted octanol–water partition coefficient (Wildman–Crippen LogP) is 0.288. The molecule has 4 heterocycles. The molecule has 0 bridgehead atoms. The summed E-state index contributed by atoms with van der Waals surface area (Å²) in [4.78, 5) is 51.4. The van der Waals surface area contributed by atoms with Crippen LogP contribution in [-0.4, -0.2) is 74.4 Å². The van der Waals surface area contributed by atoms with Crippen molar-refractivity contribution in [1.82, 2.24) is 20.2 Å². The van der Waals surface area contributed by atoms with Crippen molar-refractivity contribution in [1.29, 1.82) is 0 Å². The molecule has 0 aliphatic carbocycles. The maximum absolute atomic E-state index is 12.8. The van der Waals surface area contributed by atoms with E-state index in [1.807, 2.05) is 0 Å². The van der Waals surface area contributed by atoms with Crippen molar-refractivity contribution in [2.75, 3.05) is 25.2 Å². The summed E-state index contributed by atoms with van der Waals surface area (Å²) in [6, 6.07) is 2.46. The maximum atomic E-state index is 12.8. The molecule has 33 heavy (non-hydrogen) atoms. The van der Waals surface area contributed by atoms with Gasteiger partial charge < -0.3 is 25.7 Å². The molecule has 4 N–H and O–H groups in total. The molecule has 1 saturated heterocycles. The fourth-order valence-corrected chi connectivity index (χ4v) is 5.17. The molecule has 14 heteroatoms. The average Bonchev–Trinajstić information content (AvgIpc) is 3.25. The summed E-state index contributed by atoms with van der Waals surface area (Å²) < 4.78 is 5.62. The second kappa shape index (κ2) is 9.46. The van der Waals surface area contributed by atoms with Gasteiger partial charge in [-0.2, -0.15) is 0 Å². The Labute approximate surface area is 195 Å². The standard InChI is InChI=1S/C19H18N6O6S2/c1-30-24-12(11-8-33-19(20)22-11)15(26)23-13-16(27)25-14(18(28)29)9(7-32-17(13)25)6-31-10-3-2-4-21-5-10/h2-5,8,13,17H,6-7H2,1H3,(H2,20,22)(H,23,26)(H,28,29)/b24-12-/t13?,17-/m0/s1. The Morgan fingerprint density at radius 2 is 2.27 bits per heavy atom. The Hall–Kier alpha value is -3.65. The van der Waals surface area contributed by atoms with Gasteiger partial charge in [-0.1, -0.05) is 5.16 Å². The second-order valence-corrected chi connectivity index (χ2v) is 8.78. The van der Waals surface area contributed by atoms with Crippen LogP contribution in [0.25, 0.3) is 0 Å². The highest BCUT2D eigenvalue weighted by atomic mass is 32.2. The van der Waals surface area contributed by atoms with Crippen molar-refractivity contribution in [3.05, 3.63) is 46.9 Å². The van der Waals surface area contributed by atoms with Gasteiger partial charge >= 0.3 is 5.97 Å². The van der Waals surface area contributed by atoms with E-state index in [4.69, 9.17) is 15.3 Å². The SMILES string of the molecule is CO/N=C(\C(=O)NC1C(=O)N2C(C(=O)O)=C(COc3cccnc3)CS[C@@H]12)c1csc(N)n1. The third-order valence-electron chi connectivity index (χ3n) is 4.75. The van der Waals surface area contributed by atoms with Gasteiger partial charge in [0.15, 0.2) is 10.8 Å². The van der Waals surface area contributed by atoms with E-state index in [9.17, 15) is 19.5 Å². The van der Waals surface area contributed by atoms with Crippen LogP contribution in [0.15, 0.2) is 46.3 Å². The molecule has 2 amide bonds. The zero-order valence-corrected chi connectivity index (χ0v) is 18.8. The molecule has 1 fully saturated rings. The maximum Gasteiger partial charge on any atom is 0.352 e. The number of ether oxygens (including phenoxy) is 1. The molecular weight excluding hydrogens is 472 g/mol. The van der Waals surface area contributed by atoms with Gasteiger partial charge in [0.05, 0.1) is 6.20 Å². The minimum Gasteiger partial charge on any atom is -0.488 e. The highest BCUT2D eigenvalue weighted by Crippen LogP contribution is 2.40. The summed E-state index contributed by atoms with van der Waals surface area (Å²) in [7, 11) is 1.27. The summed E-state index contributed by atoms with van der Waals surface area (Å²) in [6.45, 7) is -0.0102. The fourth-order valence-electron chi connectivity index (χ4n) is 3.30. The van der Waals surface area contributed by atoms with Crippen LogP contribution >= 0.6 is 23.1 Å². The molecule has 2 aliphatic rings. The Bertz CT molecular complexity index is 1150. The van der Waals surface area contributed by atoms with Crippen LogP contribution in [0.3, 0.4) is 0 Å². The number of thiazole rings is 1. The van der Waals surface area contributed by atoms with Gasteiger partial charge in [0.25, 0.3) is 11.8 Å². The Morgan fingerprint density at radius 3 is 2.91 bits per heavy atom. The molecule has 1 unspecified atom stereocenters. The number of aromatic nitrogens is 2. The van der Waals surface area contributed by atoms with Crippen LogP contribution in [-0.2, 0) is 19.2 Å². The Kier molecular flexibility index (Phi) is 6.46. The number of carbonyl (C=O) groups is 3. The lowest BCUT2D eigenvalue weighted by Crippen LogP contribution is -2.71. The number of β-lactam (4-membered cyclic amide) rings is 1. The van der Waals surface area contributed by atoms with Crippen LogP contribution in [0, 0.1) is 0 Å². The van der Waals surface area contributed by atoms with Crippen molar-refractivity contribution < 1.29 is 29.1 Å². The molecule has 2 aromatic heterocycles. The van der Waals surface area contributed by atoms with Crippen molar-refractivity contribution in [2.24, 2.45) is 5.16 Å². The van der Waals surface area contributed by atoms with E-state index >= 15 is 0 Å². The predicted molar refractivity (Wildman–Crippen MR) is 119 cm³/mol. The highest BCUT2D eigenvalue weighted by Gasteiger charge is 2.54. The topological polar surface area (TPSA) is 169 Å². The number of hydrogen-bond acceptors (Lipinski definition) is 11. The number of fused-ring (bicyclic) bond motifs is 1. The average molecular weight is 491 g/mol. The van der Waals surface area contributed by atoms with E-state index in [0.717, 1.165) is 16.2 Å². The Balaban J connectivity index is 1.49. The highest BCUT2D eigenvalue weighted by molar-refractivity contribution is 8.00. The number of carbonyl (C=O) groups excluding carboxylic acids is 2. The second-order valence-electron chi connectivity index (χ2n) is 6.79. The first kappa shape index (κ1) is 22.5. The molecule has 0 radical (unpaired) electrons. The largest absolute Gasteiger partial charge is 0.488 e. The molecule has 172 valence electrons. The molecule has 2 atom stereocenters. The van der Waals surface area contributed by atoms with E-state index in [1.165, 1.54) is 30.4 Å². The van der Waals surface area contributed by atoms with Gasteiger partial charge in [-0.3, -0.25) is 19.5 Å². The summed E-state index contributed by atoms with van der Waals surface area (Å²) >= 11 is 2.45. The lowest BCUT2D eigenvalue weighted by molar-refractivity contribution is -0.150. The molecular formula is C19H18N6O6S2. The minimum absolute atomic E-state index is 0.0102. The number of rotatable bonds is 8. The number of carboxylic acid groups (broad SMARTS) is 1. The molecule has 0 aromatic carbocycles. The molecule has 0 saturated carbocycles. The molecule has 12 nitrogen and oxygen atoms in total. The number of amides is 2. The van der Waals surface area contributed by atoms with Crippen LogP contribution in [0.4, 0.5) is 5.13 Å². The summed E-state index contributed by atoms with van der Waals surface area (Å²) in [5.41, 5.74) is 5.99. The third kappa shape index (κ3) is 4.47. The van der Waals surface area contributed by atoms with Crippen LogP contribution < -0.4 is 15.8 Å². The summed E-state index contributed by atoms with van der Waals surface area (Å²) in [5, 5.41) is 17.2. The van der Waals surface area contributed by atoms with Crippen molar-refractivity contribution in [3.63, 3.8) is 0 Å². The van der Waals surface area contributed by atoms with E-state index < -0.39 is 29.2 Å². The molecule has 4 rings (SSSR count).